The molecule has 0 amide bonds. The molecular formula is C17H16N2O2. The smallest absolute Gasteiger partial charge is 0.261 e. The molecule has 4 nitrogen and oxygen atoms in total. The largest absolute Gasteiger partial charge is 0.330 e. The van der Waals surface area contributed by atoms with Gasteiger partial charge in [0.15, 0.2) is 0 Å². The van der Waals surface area contributed by atoms with Crippen molar-refractivity contribution in [2.75, 3.05) is 13.2 Å². The Morgan fingerprint density at radius 1 is 0.952 bits per heavy atom. The second kappa shape index (κ2) is 4.98. The molecule has 0 unspecified atom stereocenters. The Morgan fingerprint density at radius 3 is 2.48 bits per heavy atom. The number of rotatable bonds is 3. The van der Waals surface area contributed by atoms with E-state index in [1.165, 1.54) is 5.56 Å². The van der Waals surface area contributed by atoms with Crippen molar-refractivity contribution in [1.82, 2.24) is 9.55 Å². The molecule has 1 fully saturated rings. The highest BCUT2D eigenvalue weighted by Crippen LogP contribution is 2.32. The van der Waals surface area contributed by atoms with E-state index in [4.69, 9.17) is 9.47 Å². The Kier molecular flexibility index (Phi) is 2.98. The molecule has 4 heteroatoms. The van der Waals surface area contributed by atoms with Gasteiger partial charge >= 0.3 is 0 Å². The molecule has 21 heavy (non-hydrogen) atoms. The maximum atomic E-state index is 6.00. The van der Waals surface area contributed by atoms with Crippen LogP contribution >= 0.6 is 0 Å². The van der Waals surface area contributed by atoms with Gasteiger partial charge in [0.1, 0.15) is 6.33 Å². The SMILES string of the molecule is c1ccc(CC2(n3cnc4ccccc43)OCCO2)cc1. The highest BCUT2D eigenvalue weighted by atomic mass is 16.8. The topological polar surface area (TPSA) is 36.3 Å². The van der Waals surface area contributed by atoms with E-state index in [1.807, 2.05) is 47.0 Å². The first kappa shape index (κ1) is 12.6. The van der Waals surface area contributed by atoms with Crippen LogP contribution in [-0.2, 0) is 21.8 Å². The molecule has 2 heterocycles. The van der Waals surface area contributed by atoms with Crippen LogP contribution in [-0.4, -0.2) is 22.8 Å². The first-order valence-corrected chi connectivity index (χ1v) is 7.12. The molecule has 1 saturated heterocycles. The number of ether oxygens (including phenoxy) is 2. The van der Waals surface area contributed by atoms with Crippen molar-refractivity contribution >= 4 is 11.0 Å². The predicted octanol–water partition coefficient (Wildman–Crippen LogP) is 2.94. The number of para-hydroxylation sites is 2. The third-order valence-corrected chi connectivity index (χ3v) is 3.83. The number of aromatic nitrogens is 2. The molecule has 1 aromatic heterocycles. The zero-order valence-electron chi connectivity index (χ0n) is 11.6. The van der Waals surface area contributed by atoms with Gasteiger partial charge < -0.3 is 9.47 Å². The number of fused-ring (bicyclic) bond motifs is 1. The van der Waals surface area contributed by atoms with Crippen molar-refractivity contribution in [2.24, 2.45) is 0 Å². The van der Waals surface area contributed by atoms with Crippen LogP contribution in [0.4, 0.5) is 0 Å². The van der Waals surface area contributed by atoms with Crippen molar-refractivity contribution < 1.29 is 9.47 Å². The molecule has 4 rings (SSSR count). The fraction of sp³-hybridized carbons (Fsp3) is 0.235. The zero-order chi connectivity index (χ0) is 14.1. The summed E-state index contributed by atoms with van der Waals surface area (Å²) < 4.78 is 14.0. The highest BCUT2D eigenvalue weighted by Gasteiger charge is 2.39. The van der Waals surface area contributed by atoms with Gasteiger partial charge in [0.2, 0.25) is 0 Å². The molecule has 0 aliphatic carbocycles. The monoisotopic (exact) mass is 280 g/mol. The molecule has 1 aliphatic rings. The number of nitrogens with zero attached hydrogens (tertiary/aromatic N) is 2. The third kappa shape index (κ3) is 2.13. The summed E-state index contributed by atoms with van der Waals surface area (Å²) >= 11 is 0. The van der Waals surface area contributed by atoms with E-state index in [0.717, 1.165) is 11.0 Å². The second-order valence-corrected chi connectivity index (χ2v) is 5.18. The quantitative estimate of drug-likeness (QED) is 0.740. The van der Waals surface area contributed by atoms with Gasteiger partial charge in [-0.05, 0) is 17.7 Å². The predicted molar refractivity (Wildman–Crippen MR) is 79.8 cm³/mol. The van der Waals surface area contributed by atoms with E-state index in [9.17, 15) is 0 Å². The van der Waals surface area contributed by atoms with E-state index in [-0.39, 0.29) is 0 Å². The van der Waals surface area contributed by atoms with Gasteiger partial charge in [0.25, 0.3) is 5.91 Å². The van der Waals surface area contributed by atoms with Gasteiger partial charge in [-0.15, -0.1) is 0 Å². The van der Waals surface area contributed by atoms with Crippen LogP contribution < -0.4 is 0 Å². The standard InChI is InChI=1S/C17H16N2O2/c1-2-6-14(7-3-1)12-17(20-10-11-21-17)19-13-18-15-8-4-5-9-16(15)19/h1-9,13H,10-12H2. The molecule has 0 saturated carbocycles. The van der Waals surface area contributed by atoms with E-state index in [1.54, 1.807) is 6.33 Å². The summed E-state index contributed by atoms with van der Waals surface area (Å²) in [5, 5.41) is 0. The van der Waals surface area contributed by atoms with Gasteiger partial charge in [0, 0.05) is 6.42 Å². The van der Waals surface area contributed by atoms with E-state index in [2.05, 4.69) is 17.1 Å². The lowest BCUT2D eigenvalue weighted by Crippen LogP contribution is -2.36. The average molecular weight is 280 g/mol. The summed E-state index contributed by atoms with van der Waals surface area (Å²) in [6, 6.07) is 18.3. The molecular weight excluding hydrogens is 264 g/mol. The molecule has 0 bridgehead atoms. The fourth-order valence-electron chi connectivity index (χ4n) is 2.85. The Bertz CT molecular complexity index is 746. The minimum Gasteiger partial charge on any atom is -0.330 e. The van der Waals surface area contributed by atoms with E-state index >= 15 is 0 Å². The van der Waals surface area contributed by atoms with Gasteiger partial charge in [-0.2, -0.15) is 0 Å². The fourth-order valence-corrected chi connectivity index (χ4v) is 2.85. The molecule has 0 radical (unpaired) electrons. The zero-order valence-corrected chi connectivity index (χ0v) is 11.6. The first-order chi connectivity index (χ1) is 10.4. The normalized spacial score (nSPS) is 17.3. The highest BCUT2D eigenvalue weighted by molar-refractivity contribution is 5.75. The number of benzene rings is 2. The van der Waals surface area contributed by atoms with Crippen molar-refractivity contribution in [3.8, 4) is 0 Å². The molecule has 3 aromatic rings. The van der Waals surface area contributed by atoms with E-state index in [0.29, 0.717) is 19.6 Å². The van der Waals surface area contributed by atoms with Gasteiger partial charge in [-0.3, -0.25) is 4.57 Å². The summed E-state index contributed by atoms with van der Waals surface area (Å²) in [5.74, 6) is -0.794. The van der Waals surface area contributed by atoms with Gasteiger partial charge in [0.05, 0.1) is 24.2 Å². The van der Waals surface area contributed by atoms with Crippen LogP contribution in [0, 0.1) is 0 Å². The Hall–Kier alpha value is -2.17. The summed E-state index contributed by atoms with van der Waals surface area (Å²) in [6.45, 7) is 1.19. The minimum absolute atomic E-state index is 0.597. The van der Waals surface area contributed by atoms with Crippen molar-refractivity contribution in [2.45, 2.75) is 12.3 Å². The molecule has 106 valence electrons. The number of hydrogen-bond donors (Lipinski definition) is 0. The molecule has 0 atom stereocenters. The second-order valence-electron chi connectivity index (χ2n) is 5.18. The molecule has 0 N–H and O–H groups in total. The van der Waals surface area contributed by atoms with Crippen LogP contribution in [0.3, 0.4) is 0 Å². The summed E-state index contributed by atoms with van der Waals surface area (Å²) in [6.07, 6.45) is 2.47. The summed E-state index contributed by atoms with van der Waals surface area (Å²) in [7, 11) is 0. The minimum atomic E-state index is -0.794. The summed E-state index contributed by atoms with van der Waals surface area (Å²) in [4.78, 5) is 4.45. The first-order valence-electron chi connectivity index (χ1n) is 7.12. The summed E-state index contributed by atoms with van der Waals surface area (Å²) in [5.41, 5.74) is 3.15. The third-order valence-electron chi connectivity index (χ3n) is 3.83. The van der Waals surface area contributed by atoms with Crippen LogP contribution in [0.25, 0.3) is 11.0 Å². The number of hydrogen-bond acceptors (Lipinski definition) is 3. The van der Waals surface area contributed by atoms with Gasteiger partial charge in [-0.1, -0.05) is 42.5 Å². The maximum absolute atomic E-state index is 6.00. The number of imidazole rings is 1. The molecule has 1 aliphatic heterocycles. The van der Waals surface area contributed by atoms with Crippen molar-refractivity contribution in [3.05, 3.63) is 66.5 Å². The lowest BCUT2D eigenvalue weighted by molar-refractivity contribution is -0.219. The van der Waals surface area contributed by atoms with Gasteiger partial charge in [-0.25, -0.2) is 4.98 Å². The Labute approximate surface area is 122 Å². The maximum Gasteiger partial charge on any atom is 0.261 e. The van der Waals surface area contributed by atoms with Crippen LogP contribution in [0.5, 0.6) is 0 Å². The Balaban J connectivity index is 1.80. The van der Waals surface area contributed by atoms with Crippen molar-refractivity contribution in [1.29, 1.82) is 0 Å². The van der Waals surface area contributed by atoms with Crippen molar-refractivity contribution in [3.63, 3.8) is 0 Å². The molecule has 0 spiro atoms. The van der Waals surface area contributed by atoms with E-state index < -0.39 is 5.91 Å². The van der Waals surface area contributed by atoms with Crippen LogP contribution in [0.1, 0.15) is 5.56 Å². The Morgan fingerprint density at radius 2 is 1.67 bits per heavy atom. The lowest BCUT2D eigenvalue weighted by Gasteiger charge is -2.29. The van der Waals surface area contributed by atoms with Crippen LogP contribution in [0.2, 0.25) is 0 Å². The molecule has 2 aromatic carbocycles. The lowest BCUT2D eigenvalue weighted by atomic mass is 10.1. The average Bonchev–Trinajstić information content (AvgIpc) is 3.15. The van der Waals surface area contributed by atoms with Crippen LogP contribution in [0.15, 0.2) is 60.9 Å².